The van der Waals surface area contributed by atoms with E-state index >= 15 is 0 Å². The fourth-order valence-electron chi connectivity index (χ4n) is 2.32. The fraction of sp³-hybridized carbons (Fsp3) is 0.0625. The Kier molecular flexibility index (Phi) is 3.23. The van der Waals surface area contributed by atoms with Gasteiger partial charge in [0.1, 0.15) is 0 Å². The Morgan fingerprint density at radius 3 is 2.38 bits per heavy atom. The highest BCUT2D eigenvalue weighted by molar-refractivity contribution is 5.93. The Morgan fingerprint density at radius 1 is 1.05 bits per heavy atom. The van der Waals surface area contributed by atoms with Crippen LogP contribution in [0.15, 0.2) is 53.3 Å². The van der Waals surface area contributed by atoms with E-state index in [2.05, 4.69) is 10.2 Å². The van der Waals surface area contributed by atoms with Crippen LogP contribution in [-0.2, 0) is 11.2 Å². The second-order valence-corrected chi connectivity index (χ2v) is 4.79. The summed E-state index contributed by atoms with van der Waals surface area (Å²) in [6.45, 7) is 0. The number of benzene rings is 2. The number of rotatable bonds is 3. The lowest BCUT2D eigenvalue weighted by Gasteiger charge is -2.06. The lowest BCUT2D eigenvalue weighted by molar-refractivity contribution is -0.117. The highest BCUT2D eigenvalue weighted by atomic mass is 16.1. The largest absolute Gasteiger partial charge is 0.369 e. The molecule has 0 saturated heterocycles. The molecule has 0 unspecified atom stereocenters. The number of nitrogens with zero attached hydrogens (tertiary/aromatic N) is 1. The molecular weight excluding hydrogens is 266 g/mol. The third kappa shape index (κ3) is 2.53. The van der Waals surface area contributed by atoms with Crippen LogP contribution in [0.4, 0.5) is 0 Å². The number of hydrogen-bond acceptors (Lipinski definition) is 3. The van der Waals surface area contributed by atoms with Crippen LogP contribution in [0.3, 0.4) is 0 Å². The molecule has 0 aliphatic carbocycles. The normalized spacial score (nSPS) is 10.7. The summed E-state index contributed by atoms with van der Waals surface area (Å²) in [4.78, 5) is 22.7. The van der Waals surface area contributed by atoms with Crippen molar-refractivity contribution in [2.24, 2.45) is 5.73 Å². The number of hydrogen-bond donors (Lipinski definition) is 2. The first-order valence-electron chi connectivity index (χ1n) is 6.50. The summed E-state index contributed by atoms with van der Waals surface area (Å²) < 4.78 is 0. The van der Waals surface area contributed by atoms with Crippen molar-refractivity contribution in [3.63, 3.8) is 0 Å². The topological polar surface area (TPSA) is 88.8 Å². The number of aromatic nitrogens is 2. The van der Waals surface area contributed by atoms with E-state index in [4.69, 9.17) is 5.73 Å². The van der Waals surface area contributed by atoms with E-state index in [1.807, 2.05) is 42.5 Å². The average molecular weight is 279 g/mol. The maximum absolute atomic E-state index is 11.8. The average Bonchev–Trinajstić information content (AvgIpc) is 2.48. The van der Waals surface area contributed by atoms with Crippen LogP contribution in [-0.4, -0.2) is 16.1 Å². The van der Waals surface area contributed by atoms with Crippen molar-refractivity contribution >= 4 is 16.7 Å². The molecule has 21 heavy (non-hydrogen) atoms. The van der Waals surface area contributed by atoms with Gasteiger partial charge in [0, 0.05) is 10.9 Å². The first-order chi connectivity index (χ1) is 10.1. The van der Waals surface area contributed by atoms with Gasteiger partial charge >= 0.3 is 0 Å². The van der Waals surface area contributed by atoms with Gasteiger partial charge in [0.15, 0.2) is 0 Å². The van der Waals surface area contributed by atoms with Crippen molar-refractivity contribution in [2.75, 3.05) is 0 Å². The molecule has 0 bridgehead atoms. The van der Waals surface area contributed by atoms with E-state index in [1.54, 1.807) is 6.07 Å². The Morgan fingerprint density at radius 2 is 1.71 bits per heavy atom. The molecule has 0 aliphatic rings. The van der Waals surface area contributed by atoms with Gasteiger partial charge in [0.25, 0.3) is 5.56 Å². The summed E-state index contributed by atoms with van der Waals surface area (Å²) in [7, 11) is 0. The zero-order valence-electron chi connectivity index (χ0n) is 11.2. The van der Waals surface area contributed by atoms with E-state index in [9.17, 15) is 9.59 Å². The van der Waals surface area contributed by atoms with Crippen molar-refractivity contribution in [3.8, 4) is 11.3 Å². The first-order valence-corrected chi connectivity index (χ1v) is 6.50. The predicted octanol–water partition coefficient (Wildman–Crippen LogP) is 1.62. The van der Waals surface area contributed by atoms with Gasteiger partial charge in [0.2, 0.25) is 5.91 Å². The summed E-state index contributed by atoms with van der Waals surface area (Å²) in [5, 5.41) is 8.04. The lowest BCUT2D eigenvalue weighted by Crippen LogP contribution is -2.13. The lowest BCUT2D eigenvalue weighted by atomic mass is 10.0. The third-order valence-corrected chi connectivity index (χ3v) is 3.30. The molecule has 1 aromatic heterocycles. The number of H-pyrrole nitrogens is 1. The fourth-order valence-corrected chi connectivity index (χ4v) is 2.32. The van der Waals surface area contributed by atoms with E-state index in [1.165, 1.54) is 0 Å². The molecule has 3 rings (SSSR count). The van der Waals surface area contributed by atoms with Crippen LogP contribution in [0.1, 0.15) is 5.56 Å². The second-order valence-electron chi connectivity index (χ2n) is 4.79. The van der Waals surface area contributed by atoms with Crippen molar-refractivity contribution in [3.05, 3.63) is 64.4 Å². The highest BCUT2D eigenvalue weighted by Crippen LogP contribution is 2.24. The Bertz CT molecular complexity index is 867. The maximum atomic E-state index is 11.8. The molecular formula is C16H13N3O2. The minimum absolute atomic E-state index is 0.208. The summed E-state index contributed by atoms with van der Waals surface area (Å²) in [6, 6.07) is 14.7. The van der Waals surface area contributed by atoms with Gasteiger partial charge in [-0.25, -0.2) is 5.10 Å². The van der Waals surface area contributed by atoms with Crippen molar-refractivity contribution in [2.45, 2.75) is 6.42 Å². The zero-order chi connectivity index (χ0) is 14.8. The molecule has 0 radical (unpaired) electrons. The van der Waals surface area contributed by atoms with Crippen LogP contribution >= 0.6 is 0 Å². The Balaban J connectivity index is 2.10. The van der Waals surface area contributed by atoms with Gasteiger partial charge in [-0.05, 0) is 11.6 Å². The molecule has 1 heterocycles. The molecule has 1 amide bonds. The number of carbonyl (C=O) groups is 1. The van der Waals surface area contributed by atoms with Crippen molar-refractivity contribution in [1.29, 1.82) is 0 Å². The number of aromatic amines is 1. The maximum Gasteiger partial charge on any atom is 0.272 e. The highest BCUT2D eigenvalue weighted by Gasteiger charge is 2.08. The molecule has 2 aromatic carbocycles. The smallest absolute Gasteiger partial charge is 0.272 e. The molecule has 3 N–H and O–H groups in total. The van der Waals surface area contributed by atoms with E-state index in [0.29, 0.717) is 11.1 Å². The minimum atomic E-state index is -0.365. The van der Waals surface area contributed by atoms with Crippen LogP contribution in [0, 0.1) is 0 Å². The molecule has 3 aromatic rings. The van der Waals surface area contributed by atoms with E-state index < -0.39 is 0 Å². The second kappa shape index (κ2) is 5.20. The molecule has 0 saturated carbocycles. The molecule has 0 spiro atoms. The van der Waals surface area contributed by atoms with E-state index in [-0.39, 0.29) is 17.9 Å². The predicted molar refractivity (Wildman–Crippen MR) is 80.7 cm³/mol. The molecule has 5 nitrogen and oxygen atoms in total. The van der Waals surface area contributed by atoms with Crippen LogP contribution in [0.2, 0.25) is 0 Å². The SMILES string of the molecule is NC(=O)Cc1ccc(-c2n[nH]c(=O)c3ccccc23)cc1. The molecule has 0 atom stereocenters. The number of carbonyl (C=O) groups excluding carboxylic acids is 1. The molecule has 5 heteroatoms. The summed E-state index contributed by atoms with van der Waals surface area (Å²) >= 11 is 0. The van der Waals surface area contributed by atoms with Gasteiger partial charge in [-0.1, -0.05) is 42.5 Å². The Hall–Kier alpha value is -2.95. The quantitative estimate of drug-likeness (QED) is 0.763. The number of nitrogens with two attached hydrogens (primary N) is 1. The third-order valence-electron chi connectivity index (χ3n) is 3.30. The monoisotopic (exact) mass is 279 g/mol. The van der Waals surface area contributed by atoms with E-state index in [0.717, 1.165) is 16.5 Å². The molecule has 0 aliphatic heterocycles. The number of amides is 1. The first kappa shape index (κ1) is 13.1. The van der Waals surface area contributed by atoms with Crippen LogP contribution in [0.5, 0.6) is 0 Å². The van der Waals surface area contributed by atoms with Crippen LogP contribution in [0.25, 0.3) is 22.0 Å². The molecule has 104 valence electrons. The van der Waals surface area contributed by atoms with Gasteiger partial charge in [0.05, 0.1) is 17.5 Å². The number of nitrogens with one attached hydrogen (secondary N) is 1. The van der Waals surface area contributed by atoms with Gasteiger partial charge in [-0.3, -0.25) is 9.59 Å². The number of fused-ring (bicyclic) bond motifs is 1. The minimum Gasteiger partial charge on any atom is -0.369 e. The van der Waals surface area contributed by atoms with Crippen molar-refractivity contribution in [1.82, 2.24) is 10.2 Å². The van der Waals surface area contributed by atoms with Gasteiger partial charge in [-0.2, -0.15) is 5.10 Å². The standard InChI is InChI=1S/C16H13N3O2/c17-14(20)9-10-5-7-11(8-6-10)15-12-3-1-2-4-13(12)16(21)19-18-15/h1-8H,9H2,(H2,17,20)(H,19,21). The van der Waals surface area contributed by atoms with Gasteiger partial charge in [-0.15, -0.1) is 0 Å². The van der Waals surface area contributed by atoms with Crippen LogP contribution < -0.4 is 11.3 Å². The summed E-state index contributed by atoms with van der Waals surface area (Å²) in [5.41, 5.74) is 7.39. The zero-order valence-corrected chi connectivity index (χ0v) is 11.2. The summed E-state index contributed by atoms with van der Waals surface area (Å²) in [5.74, 6) is -0.365. The molecule has 0 fully saturated rings. The number of primary amides is 1. The Labute approximate surface area is 120 Å². The van der Waals surface area contributed by atoms with Gasteiger partial charge < -0.3 is 5.73 Å². The summed E-state index contributed by atoms with van der Waals surface area (Å²) in [6.07, 6.45) is 0.208. The van der Waals surface area contributed by atoms with Crippen molar-refractivity contribution < 1.29 is 4.79 Å².